The summed E-state index contributed by atoms with van der Waals surface area (Å²) in [6, 6.07) is 1.26. The van der Waals surface area contributed by atoms with E-state index in [2.05, 4.69) is 37.4 Å². The zero-order valence-electron chi connectivity index (χ0n) is 12.2. The van der Waals surface area contributed by atoms with Gasteiger partial charge in [0.05, 0.1) is 0 Å². The summed E-state index contributed by atoms with van der Waals surface area (Å²) in [7, 11) is 3.98. The molecule has 0 fully saturated rings. The van der Waals surface area contributed by atoms with Crippen molar-refractivity contribution in [3.8, 4) is 0 Å². The van der Waals surface area contributed by atoms with Gasteiger partial charge in [-0.3, -0.25) is 4.90 Å². The molecule has 2 atom stereocenters. The first kappa shape index (κ1) is 17.2. The Kier molecular flexibility index (Phi) is 11.5. The Morgan fingerprint density at radius 2 is 2.00 bits per heavy atom. The topological polar surface area (TPSA) is 24.5 Å². The average Bonchev–Trinajstić information content (AvgIpc) is 2.34. The second-order valence-electron chi connectivity index (χ2n) is 4.70. The Morgan fingerprint density at radius 1 is 1.29 bits per heavy atom. The lowest BCUT2D eigenvalue weighted by molar-refractivity contribution is 0.180. The summed E-state index contributed by atoms with van der Waals surface area (Å²) in [5, 5.41) is 3.48. The average molecular weight is 262 g/mol. The van der Waals surface area contributed by atoms with Crippen LogP contribution in [-0.2, 0) is 4.74 Å². The van der Waals surface area contributed by atoms with Gasteiger partial charge in [-0.05, 0) is 52.3 Å². The molecule has 0 radical (unpaired) electrons. The predicted octanol–water partition coefficient (Wildman–Crippen LogP) is 2.07. The van der Waals surface area contributed by atoms with Gasteiger partial charge in [-0.1, -0.05) is 0 Å². The van der Waals surface area contributed by atoms with Crippen LogP contribution in [0.4, 0.5) is 0 Å². The van der Waals surface area contributed by atoms with Crippen molar-refractivity contribution >= 4 is 11.8 Å². The van der Waals surface area contributed by atoms with E-state index in [1.165, 1.54) is 12.2 Å². The Bertz CT molecular complexity index is 169. The zero-order valence-corrected chi connectivity index (χ0v) is 13.0. The molecule has 0 rings (SSSR count). The number of hydrogen-bond donors (Lipinski definition) is 1. The SMILES string of the molecule is COCCCNCC(C)N(C)C(C)CCSC. The molecular formula is C13H30N2OS. The van der Waals surface area contributed by atoms with Gasteiger partial charge in [0.15, 0.2) is 0 Å². The fraction of sp³-hybridized carbons (Fsp3) is 1.00. The van der Waals surface area contributed by atoms with E-state index in [1.807, 2.05) is 11.8 Å². The highest BCUT2D eigenvalue weighted by atomic mass is 32.2. The number of ether oxygens (including phenoxy) is 1. The van der Waals surface area contributed by atoms with E-state index < -0.39 is 0 Å². The molecule has 17 heavy (non-hydrogen) atoms. The molecule has 0 saturated carbocycles. The summed E-state index contributed by atoms with van der Waals surface area (Å²) in [5.74, 6) is 1.25. The third-order valence-corrected chi connectivity index (χ3v) is 3.92. The fourth-order valence-corrected chi connectivity index (χ4v) is 2.30. The van der Waals surface area contributed by atoms with Crippen LogP contribution in [0.5, 0.6) is 0 Å². The number of likely N-dealkylation sites (N-methyl/N-ethyl adjacent to an activating group) is 1. The molecule has 0 aromatic rings. The highest BCUT2D eigenvalue weighted by Gasteiger charge is 2.14. The monoisotopic (exact) mass is 262 g/mol. The van der Waals surface area contributed by atoms with Crippen LogP contribution >= 0.6 is 11.8 Å². The minimum atomic E-state index is 0.592. The Labute approximate surface area is 112 Å². The van der Waals surface area contributed by atoms with Crippen LogP contribution < -0.4 is 5.32 Å². The minimum absolute atomic E-state index is 0.592. The number of hydrogen-bond acceptors (Lipinski definition) is 4. The predicted molar refractivity (Wildman–Crippen MR) is 79.0 cm³/mol. The van der Waals surface area contributed by atoms with Crippen molar-refractivity contribution in [3.05, 3.63) is 0 Å². The van der Waals surface area contributed by atoms with Gasteiger partial charge < -0.3 is 10.1 Å². The van der Waals surface area contributed by atoms with E-state index in [9.17, 15) is 0 Å². The van der Waals surface area contributed by atoms with Crippen LogP contribution in [0.25, 0.3) is 0 Å². The molecule has 0 aromatic heterocycles. The largest absolute Gasteiger partial charge is 0.385 e. The van der Waals surface area contributed by atoms with Crippen LogP contribution in [0.15, 0.2) is 0 Å². The molecule has 104 valence electrons. The first-order chi connectivity index (χ1) is 8.13. The minimum Gasteiger partial charge on any atom is -0.385 e. The lowest BCUT2D eigenvalue weighted by atomic mass is 10.2. The Balaban J connectivity index is 3.61. The summed E-state index contributed by atoms with van der Waals surface area (Å²) < 4.78 is 5.03. The molecule has 0 aromatic carbocycles. The van der Waals surface area contributed by atoms with Crippen LogP contribution in [0.3, 0.4) is 0 Å². The van der Waals surface area contributed by atoms with E-state index in [4.69, 9.17) is 4.74 Å². The maximum absolute atomic E-state index is 5.03. The summed E-state index contributed by atoms with van der Waals surface area (Å²) in [4.78, 5) is 2.47. The van der Waals surface area contributed by atoms with E-state index in [0.29, 0.717) is 12.1 Å². The summed E-state index contributed by atoms with van der Waals surface area (Å²) >= 11 is 1.93. The van der Waals surface area contributed by atoms with Crippen molar-refractivity contribution in [2.75, 3.05) is 45.9 Å². The van der Waals surface area contributed by atoms with E-state index >= 15 is 0 Å². The van der Waals surface area contributed by atoms with Gasteiger partial charge in [-0.15, -0.1) is 0 Å². The quantitative estimate of drug-likeness (QED) is 0.576. The summed E-state index contributed by atoms with van der Waals surface area (Å²) in [6.45, 7) is 7.56. The van der Waals surface area contributed by atoms with Gasteiger partial charge >= 0.3 is 0 Å². The van der Waals surface area contributed by atoms with Crippen molar-refractivity contribution in [2.24, 2.45) is 0 Å². The maximum atomic E-state index is 5.03. The van der Waals surface area contributed by atoms with Gasteiger partial charge in [0, 0.05) is 32.3 Å². The molecule has 0 aliphatic heterocycles. The molecule has 1 N–H and O–H groups in total. The number of thioether (sulfide) groups is 1. The molecule has 0 saturated heterocycles. The van der Waals surface area contributed by atoms with Crippen molar-refractivity contribution < 1.29 is 4.74 Å². The molecule has 0 aliphatic carbocycles. The van der Waals surface area contributed by atoms with Crippen molar-refractivity contribution in [1.82, 2.24) is 10.2 Å². The lowest BCUT2D eigenvalue weighted by Gasteiger charge is -2.31. The zero-order chi connectivity index (χ0) is 13.1. The molecule has 3 nitrogen and oxygen atoms in total. The van der Waals surface area contributed by atoms with Crippen LogP contribution in [0, 0.1) is 0 Å². The molecule has 0 bridgehead atoms. The van der Waals surface area contributed by atoms with E-state index in [0.717, 1.165) is 26.1 Å². The number of rotatable bonds is 11. The van der Waals surface area contributed by atoms with Gasteiger partial charge in [-0.2, -0.15) is 11.8 Å². The number of methoxy groups -OCH3 is 1. The van der Waals surface area contributed by atoms with E-state index in [1.54, 1.807) is 7.11 Å². The lowest BCUT2D eigenvalue weighted by Crippen LogP contribution is -2.43. The summed E-state index contributed by atoms with van der Waals surface area (Å²) in [6.07, 6.45) is 4.54. The van der Waals surface area contributed by atoms with Gasteiger partial charge in [0.25, 0.3) is 0 Å². The maximum Gasteiger partial charge on any atom is 0.0474 e. The number of nitrogens with zero attached hydrogens (tertiary/aromatic N) is 1. The van der Waals surface area contributed by atoms with Gasteiger partial charge in [0.2, 0.25) is 0 Å². The van der Waals surface area contributed by atoms with Crippen molar-refractivity contribution in [2.45, 2.75) is 38.8 Å². The van der Waals surface area contributed by atoms with Crippen molar-refractivity contribution in [1.29, 1.82) is 0 Å². The highest BCUT2D eigenvalue weighted by molar-refractivity contribution is 7.98. The van der Waals surface area contributed by atoms with Crippen LogP contribution in [-0.4, -0.2) is 62.8 Å². The third kappa shape index (κ3) is 8.89. The normalized spacial score (nSPS) is 15.2. The fourth-order valence-electron chi connectivity index (χ4n) is 1.72. The number of nitrogens with one attached hydrogen (secondary N) is 1. The summed E-state index contributed by atoms with van der Waals surface area (Å²) in [5.41, 5.74) is 0. The molecular weight excluding hydrogens is 232 g/mol. The second kappa shape index (κ2) is 11.3. The van der Waals surface area contributed by atoms with Gasteiger partial charge in [0.1, 0.15) is 0 Å². The molecule has 0 heterocycles. The highest BCUT2D eigenvalue weighted by Crippen LogP contribution is 2.08. The van der Waals surface area contributed by atoms with Crippen molar-refractivity contribution in [3.63, 3.8) is 0 Å². The molecule has 2 unspecified atom stereocenters. The molecule has 4 heteroatoms. The first-order valence-corrected chi connectivity index (χ1v) is 7.93. The smallest absolute Gasteiger partial charge is 0.0474 e. The molecule has 0 amide bonds. The Hall–Kier alpha value is 0.230. The van der Waals surface area contributed by atoms with Crippen LogP contribution in [0.1, 0.15) is 26.7 Å². The second-order valence-corrected chi connectivity index (χ2v) is 5.68. The van der Waals surface area contributed by atoms with E-state index in [-0.39, 0.29) is 0 Å². The Morgan fingerprint density at radius 3 is 2.59 bits per heavy atom. The first-order valence-electron chi connectivity index (χ1n) is 6.54. The van der Waals surface area contributed by atoms with Gasteiger partial charge in [-0.25, -0.2) is 0 Å². The third-order valence-electron chi connectivity index (χ3n) is 3.27. The van der Waals surface area contributed by atoms with Crippen LogP contribution in [0.2, 0.25) is 0 Å². The molecule has 0 aliphatic rings. The standard InChI is InChI=1S/C13H30N2OS/c1-12(7-10-17-5)15(3)13(2)11-14-8-6-9-16-4/h12-14H,6-11H2,1-5H3. The molecule has 0 spiro atoms.